The highest BCUT2D eigenvalue weighted by atomic mass is 35.5. The molecule has 0 aliphatic heterocycles. The van der Waals surface area contributed by atoms with Crippen LogP contribution in [0.5, 0.6) is 0 Å². The quantitative estimate of drug-likeness (QED) is 0.118. The molecular weight excluding hydrogens is 474 g/mol. The van der Waals surface area contributed by atoms with Gasteiger partial charge >= 0.3 is 0 Å². The molecule has 0 aromatic heterocycles. The monoisotopic (exact) mass is 514 g/mol. The summed E-state index contributed by atoms with van der Waals surface area (Å²) in [5.41, 5.74) is 0. The maximum atomic E-state index is 6.48. The summed E-state index contributed by atoms with van der Waals surface area (Å²) in [6, 6.07) is 0. The summed E-state index contributed by atoms with van der Waals surface area (Å²) in [7, 11) is 0. The van der Waals surface area contributed by atoms with Crippen LogP contribution in [-0.4, -0.2) is 19.0 Å². The van der Waals surface area contributed by atoms with E-state index < -0.39 is 5.79 Å². The Bertz CT molecular complexity index is 498. The maximum Gasteiger partial charge on any atom is 0.247 e. The normalized spacial score (nSPS) is 16.1. The van der Waals surface area contributed by atoms with E-state index in [1.165, 1.54) is 77.0 Å². The van der Waals surface area contributed by atoms with Crippen molar-refractivity contribution in [2.24, 2.45) is 0 Å². The van der Waals surface area contributed by atoms with E-state index in [-0.39, 0.29) is 20.1 Å². The standard InChI is InChI=1S/C25H42Cl4O2/c1-3-5-7-9-11-13-15-17-19-30-25(23(28)21(26)22(27)24(25)29)31-20-18-16-14-12-10-8-6-4-2/h3-20H2,1-2H3. The molecule has 0 aromatic carbocycles. The molecule has 0 bridgehead atoms. The Labute approximate surface area is 211 Å². The topological polar surface area (TPSA) is 18.5 Å². The van der Waals surface area contributed by atoms with Gasteiger partial charge in [0.1, 0.15) is 10.1 Å². The second-order valence-corrected chi connectivity index (χ2v) is 10.0. The van der Waals surface area contributed by atoms with Crippen LogP contribution in [0.3, 0.4) is 0 Å². The van der Waals surface area contributed by atoms with Crippen LogP contribution in [0.4, 0.5) is 0 Å². The molecule has 0 radical (unpaired) electrons. The van der Waals surface area contributed by atoms with Gasteiger partial charge < -0.3 is 9.47 Å². The molecule has 0 heterocycles. The molecule has 31 heavy (non-hydrogen) atoms. The summed E-state index contributed by atoms with van der Waals surface area (Å²) in [5, 5.41) is 0.923. The fraction of sp³-hybridized carbons (Fsp3) is 0.840. The van der Waals surface area contributed by atoms with E-state index in [1.54, 1.807) is 0 Å². The van der Waals surface area contributed by atoms with Gasteiger partial charge in [0.05, 0.1) is 23.3 Å². The summed E-state index contributed by atoms with van der Waals surface area (Å²) >= 11 is 25.5. The van der Waals surface area contributed by atoms with Crippen LogP contribution in [0.25, 0.3) is 0 Å². The lowest BCUT2D eigenvalue weighted by Gasteiger charge is -2.30. The highest BCUT2D eigenvalue weighted by Gasteiger charge is 2.48. The predicted octanol–water partition coefficient (Wildman–Crippen LogP) is 10.4. The van der Waals surface area contributed by atoms with Gasteiger partial charge in [-0.25, -0.2) is 0 Å². The minimum absolute atomic E-state index is 0.222. The van der Waals surface area contributed by atoms with E-state index in [0.29, 0.717) is 13.2 Å². The van der Waals surface area contributed by atoms with Gasteiger partial charge in [0, 0.05) is 0 Å². The maximum absolute atomic E-state index is 6.48. The Kier molecular flexibility index (Phi) is 17.1. The van der Waals surface area contributed by atoms with E-state index in [9.17, 15) is 0 Å². The fourth-order valence-electron chi connectivity index (χ4n) is 3.78. The van der Waals surface area contributed by atoms with Crippen LogP contribution in [0, 0.1) is 0 Å². The fourth-order valence-corrected chi connectivity index (χ4v) is 4.96. The highest BCUT2D eigenvalue weighted by Crippen LogP contribution is 2.50. The van der Waals surface area contributed by atoms with E-state index in [0.717, 1.165) is 25.7 Å². The molecular formula is C25H42Cl4O2. The van der Waals surface area contributed by atoms with E-state index >= 15 is 0 Å². The van der Waals surface area contributed by atoms with Gasteiger partial charge in [-0.2, -0.15) is 0 Å². The summed E-state index contributed by atoms with van der Waals surface area (Å²) in [5.74, 6) is -1.33. The van der Waals surface area contributed by atoms with Crippen LogP contribution < -0.4 is 0 Å². The van der Waals surface area contributed by atoms with Crippen molar-refractivity contribution in [3.63, 3.8) is 0 Å². The van der Waals surface area contributed by atoms with Crippen molar-refractivity contribution < 1.29 is 9.47 Å². The lowest BCUT2D eigenvalue weighted by atomic mass is 10.1. The van der Waals surface area contributed by atoms with Crippen LogP contribution >= 0.6 is 46.4 Å². The van der Waals surface area contributed by atoms with Crippen LogP contribution in [-0.2, 0) is 9.47 Å². The third-order valence-electron chi connectivity index (χ3n) is 5.76. The van der Waals surface area contributed by atoms with Crippen LogP contribution in [0.15, 0.2) is 20.1 Å². The summed E-state index contributed by atoms with van der Waals surface area (Å²) < 4.78 is 12.2. The molecule has 0 fully saturated rings. The first kappa shape index (κ1) is 29.6. The van der Waals surface area contributed by atoms with E-state index in [4.69, 9.17) is 55.9 Å². The molecule has 0 saturated heterocycles. The second-order valence-electron chi connectivity index (χ2n) is 8.52. The zero-order valence-corrected chi connectivity index (χ0v) is 22.6. The molecule has 0 unspecified atom stereocenters. The zero-order chi connectivity index (χ0) is 23.0. The number of unbranched alkanes of at least 4 members (excludes halogenated alkanes) is 14. The first-order valence-electron chi connectivity index (χ1n) is 12.4. The molecule has 0 atom stereocenters. The Morgan fingerprint density at radius 3 is 1.10 bits per heavy atom. The number of rotatable bonds is 20. The molecule has 182 valence electrons. The molecule has 0 aromatic rings. The Hall–Kier alpha value is 0.560. The molecule has 2 nitrogen and oxygen atoms in total. The molecule has 1 aliphatic carbocycles. The summed E-state index contributed by atoms with van der Waals surface area (Å²) in [6.45, 7) is 5.50. The summed E-state index contributed by atoms with van der Waals surface area (Å²) in [6.07, 6.45) is 19.6. The number of allylic oxidation sites excluding steroid dienone is 2. The Balaban J connectivity index is 2.39. The molecule has 6 heteroatoms. The third kappa shape index (κ3) is 10.6. The van der Waals surface area contributed by atoms with Gasteiger partial charge in [0.15, 0.2) is 0 Å². The molecule has 0 saturated carbocycles. The van der Waals surface area contributed by atoms with Gasteiger partial charge in [0.2, 0.25) is 5.79 Å². The van der Waals surface area contributed by atoms with Crippen molar-refractivity contribution in [1.82, 2.24) is 0 Å². The molecule has 0 amide bonds. The lowest BCUT2D eigenvalue weighted by molar-refractivity contribution is -0.177. The Morgan fingerprint density at radius 2 is 0.774 bits per heavy atom. The van der Waals surface area contributed by atoms with Crippen molar-refractivity contribution in [1.29, 1.82) is 0 Å². The van der Waals surface area contributed by atoms with E-state index in [2.05, 4.69) is 13.8 Å². The van der Waals surface area contributed by atoms with Crippen molar-refractivity contribution in [2.75, 3.05) is 13.2 Å². The lowest BCUT2D eigenvalue weighted by Crippen LogP contribution is -2.36. The van der Waals surface area contributed by atoms with Crippen LogP contribution in [0.2, 0.25) is 0 Å². The zero-order valence-electron chi connectivity index (χ0n) is 19.6. The van der Waals surface area contributed by atoms with Gasteiger partial charge in [0.25, 0.3) is 0 Å². The smallest absolute Gasteiger partial charge is 0.247 e. The third-order valence-corrected chi connectivity index (χ3v) is 7.68. The molecule has 1 rings (SSSR count). The number of hydrogen-bond acceptors (Lipinski definition) is 2. The minimum Gasteiger partial charge on any atom is -0.341 e. The number of halogens is 4. The van der Waals surface area contributed by atoms with Crippen molar-refractivity contribution in [3.8, 4) is 0 Å². The predicted molar refractivity (Wildman–Crippen MR) is 137 cm³/mol. The average Bonchev–Trinajstić information content (AvgIpc) is 2.93. The van der Waals surface area contributed by atoms with E-state index in [1.807, 2.05) is 0 Å². The van der Waals surface area contributed by atoms with Gasteiger partial charge in [-0.05, 0) is 12.8 Å². The molecule has 0 spiro atoms. The number of hydrogen-bond donors (Lipinski definition) is 0. The SMILES string of the molecule is CCCCCCCCCCOC1(OCCCCCCCCCC)C(Cl)=C(Cl)C(Cl)=C1Cl. The van der Waals surface area contributed by atoms with Gasteiger partial charge in [-0.1, -0.05) is 150 Å². The molecule has 1 aliphatic rings. The van der Waals surface area contributed by atoms with Crippen molar-refractivity contribution in [3.05, 3.63) is 20.1 Å². The van der Waals surface area contributed by atoms with Crippen molar-refractivity contribution >= 4 is 46.4 Å². The van der Waals surface area contributed by atoms with Crippen LogP contribution in [0.1, 0.15) is 117 Å². The van der Waals surface area contributed by atoms with Crippen molar-refractivity contribution in [2.45, 2.75) is 122 Å². The average molecular weight is 516 g/mol. The van der Waals surface area contributed by atoms with Gasteiger partial charge in [-0.15, -0.1) is 0 Å². The minimum atomic E-state index is -1.33. The van der Waals surface area contributed by atoms with Gasteiger partial charge in [-0.3, -0.25) is 0 Å². The second kappa shape index (κ2) is 18.0. The largest absolute Gasteiger partial charge is 0.341 e. The molecule has 0 N–H and O–H groups in total. The number of ether oxygens (including phenoxy) is 2. The Morgan fingerprint density at radius 1 is 0.484 bits per heavy atom. The summed E-state index contributed by atoms with van der Waals surface area (Å²) in [4.78, 5) is 0. The first-order chi connectivity index (χ1) is 15.0. The first-order valence-corrected chi connectivity index (χ1v) is 13.9. The highest BCUT2D eigenvalue weighted by molar-refractivity contribution is 6.53.